The molecule has 0 saturated heterocycles. The number of nitrogen functional groups attached to an aromatic ring is 1. The van der Waals surface area contributed by atoms with Gasteiger partial charge in [-0.3, -0.25) is 4.79 Å². The molecule has 0 aromatic heterocycles. The van der Waals surface area contributed by atoms with Crippen LogP contribution < -0.4 is 5.73 Å². The van der Waals surface area contributed by atoms with Gasteiger partial charge in [-0.2, -0.15) is 0 Å². The van der Waals surface area contributed by atoms with E-state index < -0.39 is 5.82 Å². The topological polar surface area (TPSA) is 43.1 Å². The summed E-state index contributed by atoms with van der Waals surface area (Å²) in [5.74, 6) is -0.692. The summed E-state index contributed by atoms with van der Waals surface area (Å²) in [6.45, 7) is 4.14. The minimum atomic E-state index is -0.455. The number of anilines is 1. The molecule has 2 nitrogen and oxygen atoms in total. The second-order valence-corrected chi connectivity index (χ2v) is 4.75. The first kappa shape index (κ1) is 14.3. The van der Waals surface area contributed by atoms with Crippen LogP contribution in [-0.4, -0.2) is 5.78 Å². The van der Waals surface area contributed by atoms with Crippen LogP contribution in [0, 0.1) is 5.82 Å². The number of hydrogen-bond donors (Lipinski definition) is 1. The Morgan fingerprint density at radius 2 is 1.75 bits per heavy atom. The average Bonchev–Trinajstić information content (AvgIpc) is 2.48. The zero-order valence-corrected chi connectivity index (χ0v) is 11.7. The molecule has 104 valence electrons. The Labute approximate surface area is 118 Å². The van der Waals surface area contributed by atoms with Crippen LogP contribution in [0.4, 0.5) is 10.1 Å². The molecule has 2 aromatic rings. The maximum atomic E-state index is 13.3. The molecule has 2 rings (SSSR count). The molecule has 0 bridgehead atoms. The highest BCUT2D eigenvalue weighted by atomic mass is 19.1. The fraction of sp³-hybridized carbons (Fsp3) is 0.235. The van der Waals surface area contributed by atoms with E-state index in [-0.39, 0.29) is 11.3 Å². The number of halogens is 1. The lowest BCUT2D eigenvalue weighted by Gasteiger charge is -2.10. The minimum absolute atomic E-state index is 0.219. The number of benzene rings is 2. The lowest BCUT2D eigenvalue weighted by Crippen LogP contribution is -2.07. The third-order valence-electron chi connectivity index (χ3n) is 3.49. The zero-order valence-electron chi connectivity index (χ0n) is 11.7. The van der Waals surface area contributed by atoms with Crippen LogP contribution in [0.3, 0.4) is 0 Å². The third kappa shape index (κ3) is 2.72. The average molecular weight is 271 g/mol. The van der Waals surface area contributed by atoms with Crippen LogP contribution >= 0.6 is 0 Å². The lowest BCUT2D eigenvalue weighted by molar-refractivity contribution is 0.103. The molecule has 0 heterocycles. The van der Waals surface area contributed by atoms with E-state index in [0.717, 1.165) is 18.4 Å². The Bertz CT molecular complexity index is 649. The van der Waals surface area contributed by atoms with Crippen LogP contribution in [-0.2, 0) is 12.8 Å². The molecule has 0 aliphatic rings. The fourth-order valence-corrected chi connectivity index (χ4v) is 2.32. The van der Waals surface area contributed by atoms with Crippen LogP contribution in [0.15, 0.2) is 36.4 Å². The van der Waals surface area contributed by atoms with Crippen molar-refractivity contribution in [3.63, 3.8) is 0 Å². The van der Waals surface area contributed by atoms with Crippen molar-refractivity contribution in [3.8, 4) is 0 Å². The Hall–Kier alpha value is -2.16. The SMILES string of the molecule is CCc1ccc(C(=O)c2cc(F)ccc2N)cc1CC. The first-order valence-electron chi connectivity index (χ1n) is 6.78. The number of carbonyl (C=O) groups excluding carboxylic acids is 1. The first-order chi connectivity index (χ1) is 9.56. The van der Waals surface area contributed by atoms with E-state index in [1.54, 1.807) is 6.07 Å². The Balaban J connectivity index is 2.45. The second-order valence-electron chi connectivity index (χ2n) is 4.75. The number of hydrogen-bond acceptors (Lipinski definition) is 2. The molecule has 0 aliphatic carbocycles. The van der Waals surface area contributed by atoms with E-state index in [0.29, 0.717) is 11.3 Å². The number of carbonyl (C=O) groups is 1. The van der Waals surface area contributed by atoms with Crippen molar-refractivity contribution in [1.29, 1.82) is 0 Å². The van der Waals surface area contributed by atoms with Crippen molar-refractivity contribution in [2.45, 2.75) is 26.7 Å². The van der Waals surface area contributed by atoms with Gasteiger partial charge in [0.05, 0.1) is 0 Å². The van der Waals surface area contributed by atoms with Crippen molar-refractivity contribution in [3.05, 3.63) is 64.5 Å². The molecule has 0 unspecified atom stereocenters. The van der Waals surface area contributed by atoms with Crippen molar-refractivity contribution in [2.75, 3.05) is 5.73 Å². The van der Waals surface area contributed by atoms with E-state index in [4.69, 9.17) is 5.73 Å². The lowest BCUT2D eigenvalue weighted by atomic mass is 9.95. The predicted molar refractivity (Wildman–Crippen MR) is 79.4 cm³/mol. The van der Waals surface area contributed by atoms with Crippen LogP contribution in [0.5, 0.6) is 0 Å². The summed E-state index contributed by atoms with van der Waals surface area (Å²) in [5, 5.41) is 0. The molecule has 3 heteroatoms. The molecule has 0 radical (unpaired) electrons. The standard InChI is InChI=1S/C17H18FNO/c1-3-11-5-6-13(9-12(11)4-2)17(20)15-10-14(18)7-8-16(15)19/h5-10H,3-4,19H2,1-2H3. The summed E-state index contributed by atoms with van der Waals surface area (Å²) >= 11 is 0. The Morgan fingerprint density at radius 3 is 2.40 bits per heavy atom. The number of nitrogens with two attached hydrogens (primary N) is 1. The monoisotopic (exact) mass is 271 g/mol. The number of aryl methyl sites for hydroxylation is 2. The Morgan fingerprint density at radius 1 is 1.05 bits per heavy atom. The van der Waals surface area contributed by atoms with Crippen LogP contribution in [0.25, 0.3) is 0 Å². The maximum absolute atomic E-state index is 13.3. The van der Waals surface area contributed by atoms with Gasteiger partial charge in [-0.05, 0) is 48.2 Å². The third-order valence-corrected chi connectivity index (χ3v) is 3.49. The van der Waals surface area contributed by atoms with Gasteiger partial charge in [0, 0.05) is 16.8 Å². The molecule has 0 atom stereocenters. The predicted octanol–water partition coefficient (Wildman–Crippen LogP) is 3.76. The molecular formula is C17H18FNO. The smallest absolute Gasteiger partial charge is 0.195 e. The molecule has 0 saturated carbocycles. The zero-order chi connectivity index (χ0) is 14.7. The fourth-order valence-electron chi connectivity index (χ4n) is 2.32. The van der Waals surface area contributed by atoms with Gasteiger partial charge in [0.25, 0.3) is 0 Å². The maximum Gasteiger partial charge on any atom is 0.195 e. The highest BCUT2D eigenvalue weighted by Crippen LogP contribution is 2.20. The first-order valence-corrected chi connectivity index (χ1v) is 6.78. The summed E-state index contributed by atoms with van der Waals surface area (Å²) in [4.78, 5) is 12.4. The van der Waals surface area contributed by atoms with Crippen LogP contribution in [0.2, 0.25) is 0 Å². The summed E-state index contributed by atoms with van der Waals surface area (Å²) in [6.07, 6.45) is 1.79. The molecule has 0 fully saturated rings. The van der Waals surface area contributed by atoms with Crippen molar-refractivity contribution in [1.82, 2.24) is 0 Å². The van der Waals surface area contributed by atoms with Gasteiger partial charge in [-0.15, -0.1) is 0 Å². The van der Waals surface area contributed by atoms with Gasteiger partial charge >= 0.3 is 0 Å². The summed E-state index contributed by atoms with van der Waals surface area (Å²) < 4.78 is 13.3. The largest absolute Gasteiger partial charge is 0.398 e. The Kier molecular flexibility index (Phi) is 4.18. The minimum Gasteiger partial charge on any atom is -0.398 e. The van der Waals surface area contributed by atoms with Crippen molar-refractivity contribution >= 4 is 11.5 Å². The highest BCUT2D eigenvalue weighted by Gasteiger charge is 2.14. The van der Waals surface area contributed by atoms with Crippen LogP contribution in [0.1, 0.15) is 40.9 Å². The van der Waals surface area contributed by atoms with E-state index in [9.17, 15) is 9.18 Å². The van der Waals surface area contributed by atoms with Gasteiger partial charge in [0.15, 0.2) is 5.78 Å². The molecule has 0 spiro atoms. The van der Waals surface area contributed by atoms with E-state index in [1.165, 1.54) is 23.8 Å². The van der Waals surface area contributed by atoms with E-state index >= 15 is 0 Å². The molecular weight excluding hydrogens is 253 g/mol. The quantitative estimate of drug-likeness (QED) is 0.679. The van der Waals surface area contributed by atoms with Gasteiger partial charge in [-0.25, -0.2) is 4.39 Å². The molecule has 0 aliphatic heterocycles. The molecule has 2 N–H and O–H groups in total. The van der Waals surface area contributed by atoms with Crippen molar-refractivity contribution < 1.29 is 9.18 Å². The van der Waals surface area contributed by atoms with Gasteiger partial charge in [-0.1, -0.05) is 26.0 Å². The summed E-state index contributed by atoms with van der Waals surface area (Å²) in [5.41, 5.74) is 9.22. The number of rotatable bonds is 4. The van der Waals surface area contributed by atoms with Crippen molar-refractivity contribution in [2.24, 2.45) is 0 Å². The second kappa shape index (κ2) is 5.87. The molecule has 0 amide bonds. The summed E-state index contributed by atoms with van der Waals surface area (Å²) in [7, 11) is 0. The number of ketones is 1. The molecule has 2 aromatic carbocycles. The van der Waals surface area contributed by atoms with E-state index in [2.05, 4.69) is 13.8 Å². The van der Waals surface area contributed by atoms with Gasteiger partial charge in [0.2, 0.25) is 0 Å². The van der Waals surface area contributed by atoms with E-state index in [1.807, 2.05) is 12.1 Å². The summed E-state index contributed by atoms with van der Waals surface area (Å²) in [6, 6.07) is 9.49. The highest BCUT2D eigenvalue weighted by molar-refractivity contribution is 6.12. The van der Waals surface area contributed by atoms with Gasteiger partial charge < -0.3 is 5.73 Å². The molecule has 20 heavy (non-hydrogen) atoms. The van der Waals surface area contributed by atoms with Gasteiger partial charge in [0.1, 0.15) is 5.82 Å². The normalized spacial score (nSPS) is 10.6.